The maximum Gasteiger partial charge on any atom is 0.0490 e. The van der Waals surface area contributed by atoms with Gasteiger partial charge in [0.2, 0.25) is 0 Å². The highest BCUT2D eigenvalue weighted by Gasteiger charge is 2.20. The Balaban J connectivity index is 2.16. The highest BCUT2D eigenvalue weighted by Crippen LogP contribution is 2.28. The number of aryl methyl sites for hydroxylation is 1. The molecule has 14 heavy (non-hydrogen) atoms. The molecule has 0 saturated carbocycles. The summed E-state index contributed by atoms with van der Waals surface area (Å²) in [5.74, 6) is 5.98. The first-order valence-corrected chi connectivity index (χ1v) is 5.35. The second-order valence-electron chi connectivity index (χ2n) is 4.16. The number of hydrazine groups is 1. The molecule has 76 valence electrons. The van der Waals surface area contributed by atoms with Gasteiger partial charge in [-0.25, -0.2) is 5.01 Å². The summed E-state index contributed by atoms with van der Waals surface area (Å²) in [5, 5.41) is 1.98. The number of hydrogen-bond donors (Lipinski definition) is 1. The minimum atomic E-state index is 0.435. The Morgan fingerprint density at radius 3 is 2.57 bits per heavy atom. The van der Waals surface area contributed by atoms with Crippen LogP contribution in [0.5, 0.6) is 0 Å². The number of benzene rings is 1. The van der Waals surface area contributed by atoms with Crippen LogP contribution in [0.1, 0.15) is 36.4 Å². The summed E-state index contributed by atoms with van der Waals surface area (Å²) in [4.78, 5) is 0. The molecule has 1 heterocycles. The summed E-state index contributed by atoms with van der Waals surface area (Å²) >= 11 is 0. The summed E-state index contributed by atoms with van der Waals surface area (Å²) in [6, 6.07) is 9.16. The van der Waals surface area contributed by atoms with Crippen LogP contribution in [0.2, 0.25) is 0 Å². The molecule has 2 heteroatoms. The van der Waals surface area contributed by atoms with Crippen LogP contribution < -0.4 is 5.84 Å². The van der Waals surface area contributed by atoms with Crippen molar-refractivity contribution in [3.63, 3.8) is 0 Å². The van der Waals surface area contributed by atoms with Gasteiger partial charge in [-0.05, 0) is 25.3 Å². The zero-order valence-electron chi connectivity index (χ0n) is 8.74. The van der Waals surface area contributed by atoms with E-state index in [1.54, 1.807) is 0 Å². The molecular weight excluding hydrogens is 172 g/mol. The lowest BCUT2D eigenvalue weighted by Gasteiger charge is -2.32. The molecule has 0 radical (unpaired) electrons. The van der Waals surface area contributed by atoms with Crippen molar-refractivity contribution in [2.24, 2.45) is 5.84 Å². The molecule has 1 aliphatic heterocycles. The van der Waals surface area contributed by atoms with Crippen molar-refractivity contribution in [3.8, 4) is 0 Å². The molecule has 0 spiro atoms. The van der Waals surface area contributed by atoms with Crippen molar-refractivity contribution in [3.05, 3.63) is 35.4 Å². The molecule has 1 aromatic carbocycles. The van der Waals surface area contributed by atoms with Crippen molar-refractivity contribution >= 4 is 0 Å². The third-order valence-electron chi connectivity index (χ3n) is 3.01. The molecule has 1 fully saturated rings. The average molecular weight is 190 g/mol. The first-order chi connectivity index (χ1) is 6.77. The van der Waals surface area contributed by atoms with Gasteiger partial charge in [-0.2, -0.15) is 0 Å². The van der Waals surface area contributed by atoms with E-state index in [2.05, 4.69) is 31.2 Å². The van der Waals surface area contributed by atoms with Crippen LogP contribution in [-0.2, 0) is 0 Å². The summed E-state index contributed by atoms with van der Waals surface area (Å²) in [7, 11) is 0. The number of nitrogens with zero attached hydrogens (tertiary/aromatic N) is 1. The Morgan fingerprint density at radius 2 is 1.93 bits per heavy atom. The van der Waals surface area contributed by atoms with E-state index >= 15 is 0 Å². The van der Waals surface area contributed by atoms with E-state index in [1.807, 2.05) is 5.01 Å². The van der Waals surface area contributed by atoms with Crippen LogP contribution in [-0.4, -0.2) is 11.6 Å². The van der Waals surface area contributed by atoms with Crippen molar-refractivity contribution < 1.29 is 0 Å². The van der Waals surface area contributed by atoms with Crippen LogP contribution >= 0.6 is 0 Å². The predicted octanol–water partition coefficient (Wildman–Crippen LogP) is 2.40. The molecule has 1 atom stereocenters. The van der Waals surface area contributed by atoms with Gasteiger partial charge in [0, 0.05) is 12.6 Å². The maximum atomic E-state index is 5.98. The Labute approximate surface area is 85.7 Å². The number of piperidine rings is 1. The molecule has 0 bridgehead atoms. The van der Waals surface area contributed by atoms with E-state index in [-0.39, 0.29) is 0 Å². The zero-order chi connectivity index (χ0) is 9.97. The van der Waals surface area contributed by atoms with Gasteiger partial charge in [-0.1, -0.05) is 36.2 Å². The van der Waals surface area contributed by atoms with E-state index in [0.29, 0.717) is 6.04 Å². The van der Waals surface area contributed by atoms with Gasteiger partial charge in [-0.3, -0.25) is 5.84 Å². The van der Waals surface area contributed by atoms with Gasteiger partial charge in [0.05, 0.1) is 0 Å². The van der Waals surface area contributed by atoms with Gasteiger partial charge in [0.25, 0.3) is 0 Å². The van der Waals surface area contributed by atoms with Crippen molar-refractivity contribution in [1.82, 2.24) is 5.01 Å². The minimum Gasteiger partial charge on any atom is -0.268 e. The summed E-state index contributed by atoms with van der Waals surface area (Å²) < 4.78 is 0. The molecule has 2 rings (SSSR count). The van der Waals surface area contributed by atoms with Gasteiger partial charge in [-0.15, -0.1) is 0 Å². The predicted molar refractivity (Wildman–Crippen MR) is 58.7 cm³/mol. The standard InChI is InChI=1S/C12H18N2/c1-10-5-7-11(8-6-10)12-4-2-3-9-14(12)13/h5-8,12H,2-4,9,13H2,1H3. The Kier molecular flexibility index (Phi) is 2.85. The monoisotopic (exact) mass is 190 g/mol. The van der Waals surface area contributed by atoms with Crippen LogP contribution in [0.25, 0.3) is 0 Å². The number of hydrogen-bond acceptors (Lipinski definition) is 2. The molecule has 1 aliphatic rings. The largest absolute Gasteiger partial charge is 0.268 e. The highest BCUT2D eigenvalue weighted by molar-refractivity contribution is 5.24. The third-order valence-corrected chi connectivity index (χ3v) is 3.01. The van der Waals surface area contributed by atoms with Crippen molar-refractivity contribution in [2.75, 3.05) is 6.54 Å². The second kappa shape index (κ2) is 4.11. The van der Waals surface area contributed by atoms with Gasteiger partial charge in [0.15, 0.2) is 0 Å². The summed E-state index contributed by atoms with van der Waals surface area (Å²) in [6.07, 6.45) is 3.73. The van der Waals surface area contributed by atoms with Crippen molar-refractivity contribution in [1.29, 1.82) is 0 Å². The van der Waals surface area contributed by atoms with E-state index < -0.39 is 0 Å². The van der Waals surface area contributed by atoms with Gasteiger partial charge >= 0.3 is 0 Å². The highest BCUT2D eigenvalue weighted by atomic mass is 15.4. The Morgan fingerprint density at radius 1 is 1.21 bits per heavy atom. The molecule has 0 aromatic heterocycles. The Hall–Kier alpha value is -0.860. The lowest BCUT2D eigenvalue weighted by atomic mass is 9.96. The molecule has 1 saturated heterocycles. The van der Waals surface area contributed by atoms with E-state index in [0.717, 1.165) is 6.54 Å². The lowest BCUT2D eigenvalue weighted by Crippen LogP contribution is -2.38. The molecule has 2 nitrogen and oxygen atoms in total. The fraction of sp³-hybridized carbons (Fsp3) is 0.500. The van der Waals surface area contributed by atoms with Crippen LogP contribution in [0, 0.1) is 6.92 Å². The normalized spacial score (nSPS) is 23.7. The summed E-state index contributed by atoms with van der Waals surface area (Å²) in [5.41, 5.74) is 2.67. The topological polar surface area (TPSA) is 29.3 Å². The Bertz CT molecular complexity index is 292. The third kappa shape index (κ3) is 1.97. The van der Waals surface area contributed by atoms with Crippen LogP contribution in [0.15, 0.2) is 24.3 Å². The minimum absolute atomic E-state index is 0.435. The number of rotatable bonds is 1. The SMILES string of the molecule is Cc1ccc(C2CCCCN2N)cc1. The quantitative estimate of drug-likeness (QED) is 0.689. The van der Waals surface area contributed by atoms with Gasteiger partial charge < -0.3 is 0 Å². The molecule has 0 amide bonds. The molecule has 1 unspecified atom stereocenters. The fourth-order valence-corrected chi connectivity index (χ4v) is 2.10. The number of nitrogens with two attached hydrogens (primary N) is 1. The van der Waals surface area contributed by atoms with Crippen LogP contribution in [0.4, 0.5) is 0 Å². The average Bonchev–Trinajstić information content (AvgIpc) is 2.20. The van der Waals surface area contributed by atoms with E-state index in [4.69, 9.17) is 5.84 Å². The van der Waals surface area contributed by atoms with E-state index in [9.17, 15) is 0 Å². The molecule has 0 aliphatic carbocycles. The van der Waals surface area contributed by atoms with Crippen molar-refractivity contribution in [2.45, 2.75) is 32.2 Å². The van der Waals surface area contributed by atoms with Gasteiger partial charge in [0.1, 0.15) is 0 Å². The lowest BCUT2D eigenvalue weighted by molar-refractivity contribution is 0.151. The summed E-state index contributed by atoms with van der Waals surface area (Å²) in [6.45, 7) is 3.14. The second-order valence-corrected chi connectivity index (χ2v) is 4.16. The molecule has 1 aromatic rings. The zero-order valence-corrected chi connectivity index (χ0v) is 8.74. The molecular formula is C12H18N2. The molecule has 2 N–H and O–H groups in total. The first-order valence-electron chi connectivity index (χ1n) is 5.35. The van der Waals surface area contributed by atoms with E-state index in [1.165, 1.54) is 30.4 Å². The fourth-order valence-electron chi connectivity index (χ4n) is 2.10. The smallest absolute Gasteiger partial charge is 0.0490 e. The first kappa shape index (κ1) is 9.69. The maximum absolute atomic E-state index is 5.98. The van der Waals surface area contributed by atoms with Crippen LogP contribution in [0.3, 0.4) is 0 Å².